The van der Waals surface area contributed by atoms with E-state index in [2.05, 4.69) is 15.1 Å². The van der Waals surface area contributed by atoms with Crippen molar-refractivity contribution in [1.82, 2.24) is 15.4 Å². The molecule has 3 rings (SSSR count). The number of nitrogens with one attached hydrogen (secondary N) is 1. The van der Waals surface area contributed by atoms with Crippen LogP contribution >= 0.6 is 0 Å². The van der Waals surface area contributed by atoms with E-state index in [1.54, 1.807) is 30.6 Å². The van der Waals surface area contributed by atoms with Gasteiger partial charge in [-0.25, -0.2) is 10.2 Å². The second-order valence-electron chi connectivity index (χ2n) is 5.09. The van der Waals surface area contributed by atoms with E-state index in [4.69, 9.17) is 15.6 Å². The van der Waals surface area contributed by atoms with Crippen molar-refractivity contribution < 1.29 is 37.2 Å². The maximum Gasteiger partial charge on any atom is 2.00 e. The van der Waals surface area contributed by atoms with Crippen LogP contribution in [0.3, 0.4) is 0 Å². The maximum absolute atomic E-state index is 10.3. The first-order valence-corrected chi connectivity index (χ1v) is 7.91. The average Bonchev–Trinajstić information content (AvgIpc) is 2.71. The van der Waals surface area contributed by atoms with Crippen LogP contribution in [-0.2, 0) is 17.1 Å². The van der Waals surface area contributed by atoms with Gasteiger partial charge < -0.3 is 21.1 Å². The fraction of sp³-hybridized carbons (Fsp3) is 0.0526. The third kappa shape index (κ3) is 8.39. The number of nitrogens with two attached hydrogens (primary N) is 1. The molecule has 0 saturated heterocycles. The Bertz CT molecular complexity index is 858. The Hall–Kier alpha value is -3.46. The predicted molar refractivity (Wildman–Crippen MR) is 106 cm³/mol. The number of ether oxygens (including phenoxy) is 1. The Kier molecular flexibility index (Phi) is 12.0. The third-order valence-corrected chi connectivity index (χ3v) is 3.25. The smallest absolute Gasteiger partial charge is 0.870 e. The normalized spacial score (nSPS) is 9.28. The summed E-state index contributed by atoms with van der Waals surface area (Å²) in [7, 11) is 1.48. The molecule has 1 radical (unpaired) electrons. The molecular formula is C19H21CuN5O4+2. The number of hydrazone groups is 1. The summed E-state index contributed by atoms with van der Waals surface area (Å²) in [4.78, 5) is 18.7. The molecule has 2 aromatic heterocycles. The first kappa shape index (κ1) is 25.5. The number of urea groups is 1. The molecule has 2 amide bonds. The number of carbonyl (C=O) groups is 1. The number of hydrogen-bond acceptors (Lipinski definition) is 6. The van der Waals surface area contributed by atoms with Gasteiger partial charge in [0.05, 0.1) is 30.3 Å². The fourth-order valence-corrected chi connectivity index (χ4v) is 2.02. The molecule has 1 aromatic carbocycles. The standard InChI is InChI=1S/C10H8N2.C9H11N3O3.Cu.H2O/c1-3-7-11-9(5-1)10-6-2-4-8-12-10;1-15-7-4-2-3-6(8(7)13)5-11-12-9(10)14;;/h1-8H;2-5,13H,1H3,(H3,10,12,14);;1H2/q;;+2;. The summed E-state index contributed by atoms with van der Waals surface area (Å²) >= 11 is 0. The number of pyridine rings is 2. The molecule has 2 heterocycles. The van der Waals surface area contributed by atoms with Gasteiger partial charge in [-0.2, -0.15) is 5.10 Å². The SMILES string of the molecule is COc1cccc(C=NNC(N)=O)c1[OH2+].[Cu+2].[OH-].c1ccc(-c2ccccn2)nc1. The van der Waals surface area contributed by atoms with E-state index in [-0.39, 0.29) is 28.3 Å². The fourth-order valence-electron chi connectivity index (χ4n) is 2.02. The molecule has 0 fully saturated rings. The van der Waals surface area contributed by atoms with Crippen molar-refractivity contribution in [3.63, 3.8) is 0 Å². The van der Waals surface area contributed by atoms with E-state index in [9.17, 15) is 4.79 Å². The van der Waals surface area contributed by atoms with Crippen LogP contribution in [0.4, 0.5) is 4.79 Å². The molecule has 0 atom stereocenters. The van der Waals surface area contributed by atoms with Crippen molar-refractivity contribution in [2.24, 2.45) is 10.8 Å². The van der Waals surface area contributed by atoms with Crippen molar-refractivity contribution in [2.75, 3.05) is 7.11 Å². The summed E-state index contributed by atoms with van der Waals surface area (Å²) in [5, 5.41) is 11.2. The van der Waals surface area contributed by atoms with Crippen molar-refractivity contribution in [3.8, 4) is 22.9 Å². The number of rotatable bonds is 4. The molecule has 0 unspecified atom stereocenters. The second kappa shape index (κ2) is 13.7. The Morgan fingerprint density at radius 2 is 1.66 bits per heavy atom. The Morgan fingerprint density at radius 3 is 2.10 bits per heavy atom. The molecule has 6 N–H and O–H groups in total. The number of primary amides is 1. The minimum atomic E-state index is -0.749. The van der Waals surface area contributed by atoms with Gasteiger partial charge in [-0.05, 0) is 36.4 Å². The van der Waals surface area contributed by atoms with Crippen LogP contribution in [0.5, 0.6) is 11.5 Å². The van der Waals surface area contributed by atoms with E-state index < -0.39 is 6.03 Å². The minimum Gasteiger partial charge on any atom is -0.870 e. The molecule has 0 saturated carbocycles. The number of amides is 2. The number of para-hydroxylation sites is 1. The summed E-state index contributed by atoms with van der Waals surface area (Å²) in [6, 6.07) is 15.9. The van der Waals surface area contributed by atoms with Crippen LogP contribution in [-0.4, -0.2) is 39.9 Å². The van der Waals surface area contributed by atoms with Gasteiger partial charge in [0.25, 0.3) is 0 Å². The molecule has 0 aliphatic rings. The van der Waals surface area contributed by atoms with Gasteiger partial charge in [-0.15, -0.1) is 0 Å². The number of carbonyl (C=O) groups excluding carboxylic acids is 1. The number of benzene rings is 1. The van der Waals surface area contributed by atoms with Crippen molar-refractivity contribution in [3.05, 3.63) is 72.6 Å². The molecule has 0 aliphatic carbocycles. The summed E-state index contributed by atoms with van der Waals surface area (Å²) in [6.45, 7) is 0. The summed E-state index contributed by atoms with van der Waals surface area (Å²) in [5.74, 6) is 0.646. The van der Waals surface area contributed by atoms with E-state index in [0.29, 0.717) is 11.3 Å². The van der Waals surface area contributed by atoms with Crippen LogP contribution in [0.1, 0.15) is 5.56 Å². The monoisotopic (exact) mass is 446 g/mol. The molecule has 155 valence electrons. The molecule has 0 spiro atoms. The van der Waals surface area contributed by atoms with Crippen LogP contribution in [0.2, 0.25) is 0 Å². The zero-order valence-corrected chi connectivity index (χ0v) is 16.4. The Balaban J connectivity index is 0.000000514. The first-order chi connectivity index (χ1) is 13.1. The number of methoxy groups -OCH3 is 1. The van der Waals surface area contributed by atoms with Gasteiger partial charge in [0.2, 0.25) is 5.75 Å². The van der Waals surface area contributed by atoms with Crippen molar-refractivity contribution in [2.45, 2.75) is 0 Å². The number of aromatic nitrogens is 2. The first-order valence-electron chi connectivity index (χ1n) is 7.91. The Labute approximate surface area is 178 Å². The number of nitrogens with zero attached hydrogens (tertiary/aromatic N) is 3. The molecule has 9 nitrogen and oxygen atoms in total. The summed E-state index contributed by atoms with van der Waals surface area (Å²) < 4.78 is 4.95. The van der Waals surface area contributed by atoms with Gasteiger partial charge in [0.15, 0.2) is 0 Å². The zero-order valence-electron chi connectivity index (χ0n) is 15.4. The second-order valence-corrected chi connectivity index (χ2v) is 5.09. The zero-order chi connectivity index (χ0) is 19.5. The van der Waals surface area contributed by atoms with Gasteiger partial charge in [-0.3, -0.25) is 9.97 Å². The van der Waals surface area contributed by atoms with Crippen LogP contribution < -0.4 is 15.9 Å². The van der Waals surface area contributed by atoms with Crippen molar-refractivity contribution in [1.29, 1.82) is 0 Å². The topological polar surface area (TPSA) is 155 Å². The van der Waals surface area contributed by atoms with E-state index in [1.165, 1.54) is 13.3 Å². The molecule has 29 heavy (non-hydrogen) atoms. The van der Waals surface area contributed by atoms with Crippen LogP contribution in [0.15, 0.2) is 72.1 Å². The van der Waals surface area contributed by atoms with Gasteiger partial charge >= 0.3 is 28.8 Å². The molecular weight excluding hydrogens is 426 g/mol. The summed E-state index contributed by atoms with van der Waals surface area (Å²) in [6.07, 6.45) is 4.86. The molecule has 0 bridgehead atoms. The predicted octanol–water partition coefficient (Wildman–Crippen LogP) is 2.10. The Morgan fingerprint density at radius 1 is 1.07 bits per heavy atom. The summed E-state index contributed by atoms with van der Waals surface area (Å²) in [5.41, 5.74) is 9.22. The largest absolute Gasteiger partial charge is 2.00 e. The maximum atomic E-state index is 10.3. The third-order valence-electron chi connectivity index (χ3n) is 3.25. The van der Waals surface area contributed by atoms with Gasteiger partial charge in [0, 0.05) is 12.4 Å². The van der Waals surface area contributed by atoms with Gasteiger partial charge in [0.1, 0.15) is 0 Å². The van der Waals surface area contributed by atoms with E-state index in [1.807, 2.05) is 41.8 Å². The molecule has 0 aliphatic heterocycles. The average molecular weight is 447 g/mol. The van der Waals surface area contributed by atoms with E-state index in [0.717, 1.165) is 11.4 Å². The van der Waals surface area contributed by atoms with Gasteiger partial charge in [-0.1, -0.05) is 18.2 Å². The minimum absolute atomic E-state index is 0. The quantitative estimate of drug-likeness (QED) is 0.271. The van der Waals surface area contributed by atoms with E-state index >= 15 is 0 Å². The van der Waals surface area contributed by atoms with Crippen LogP contribution in [0, 0.1) is 0 Å². The van der Waals surface area contributed by atoms with Crippen LogP contribution in [0.25, 0.3) is 11.4 Å². The molecule has 10 heteroatoms. The molecule has 3 aromatic rings. The van der Waals surface area contributed by atoms with Crippen molar-refractivity contribution >= 4 is 12.2 Å². The number of hydrogen-bond donors (Lipinski definition) is 2.